The molecule has 5 nitrogen and oxygen atoms in total. The lowest BCUT2D eigenvalue weighted by Gasteiger charge is -2.17. The summed E-state index contributed by atoms with van der Waals surface area (Å²) in [7, 11) is -1.42. The van der Waals surface area contributed by atoms with E-state index in [0.29, 0.717) is 17.6 Å². The van der Waals surface area contributed by atoms with Crippen LogP contribution in [0.4, 0.5) is 5.82 Å². The molecule has 1 unspecified atom stereocenters. The van der Waals surface area contributed by atoms with Gasteiger partial charge in [0, 0.05) is 19.2 Å². The van der Waals surface area contributed by atoms with Crippen LogP contribution in [0.1, 0.15) is 55.3 Å². The Kier molecular flexibility index (Phi) is 4.69. The number of hydrogen-bond acceptors (Lipinski definition) is 5. The van der Waals surface area contributed by atoms with Crippen LogP contribution in [-0.2, 0) is 9.84 Å². The lowest BCUT2D eigenvalue weighted by Crippen LogP contribution is -2.15. The van der Waals surface area contributed by atoms with Crippen LogP contribution in [0.2, 0.25) is 0 Å². The molecule has 1 saturated carbocycles. The quantitative estimate of drug-likeness (QED) is 0.891. The van der Waals surface area contributed by atoms with Crippen molar-refractivity contribution < 1.29 is 8.42 Å². The van der Waals surface area contributed by atoms with E-state index in [4.69, 9.17) is 0 Å². The highest BCUT2D eigenvalue weighted by atomic mass is 79.9. The highest BCUT2D eigenvalue weighted by molar-refractivity contribution is 9.10. The summed E-state index contributed by atoms with van der Waals surface area (Å²) in [6.45, 7) is 1.64. The van der Waals surface area contributed by atoms with Gasteiger partial charge in [-0.3, -0.25) is 0 Å². The average molecular weight is 362 g/mol. The van der Waals surface area contributed by atoms with Gasteiger partial charge < -0.3 is 5.32 Å². The van der Waals surface area contributed by atoms with Crippen LogP contribution in [0.15, 0.2) is 4.47 Å². The fourth-order valence-electron chi connectivity index (χ4n) is 2.49. The Hall–Kier alpha value is -0.690. The van der Waals surface area contributed by atoms with Crippen molar-refractivity contribution >= 4 is 31.6 Å². The lowest BCUT2D eigenvalue weighted by molar-refractivity contribution is 0.587. The Morgan fingerprint density at radius 1 is 1.30 bits per heavy atom. The third-order valence-electron chi connectivity index (χ3n) is 3.88. The number of aromatic nitrogens is 2. The second kappa shape index (κ2) is 5.97. The second-order valence-electron chi connectivity index (χ2n) is 5.33. The van der Waals surface area contributed by atoms with Gasteiger partial charge in [0.15, 0.2) is 9.84 Å². The molecule has 0 amide bonds. The van der Waals surface area contributed by atoms with Gasteiger partial charge in [-0.25, -0.2) is 18.4 Å². The summed E-state index contributed by atoms with van der Waals surface area (Å²) in [6, 6.07) is 0. The van der Waals surface area contributed by atoms with E-state index >= 15 is 0 Å². The van der Waals surface area contributed by atoms with E-state index < -0.39 is 15.1 Å². The maximum atomic E-state index is 11.7. The number of nitrogens with zero attached hydrogens (tertiary/aromatic N) is 2. The van der Waals surface area contributed by atoms with Crippen LogP contribution < -0.4 is 5.32 Å². The summed E-state index contributed by atoms with van der Waals surface area (Å²) < 4.78 is 24.3. The van der Waals surface area contributed by atoms with Crippen LogP contribution in [0.3, 0.4) is 0 Å². The molecule has 1 heterocycles. The predicted molar refractivity (Wildman–Crippen MR) is 83.7 cm³/mol. The summed E-state index contributed by atoms with van der Waals surface area (Å²) in [5.74, 6) is 1.43. The molecule has 1 N–H and O–H groups in total. The van der Waals surface area contributed by atoms with Gasteiger partial charge in [-0.05, 0) is 35.7 Å². The van der Waals surface area contributed by atoms with Crippen molar-refractivity contribution in [3.63, 3.8) is 0 Å². The third-order valence-corrected chi connectivity index (χ3v) is 6.16. The molecular weight excluding hydrogens is 342 g/mol. The number of sulfone groups is 1. The van der Waals surface area contributed by atoms with Gasteiger partial charge in [-0.2, -0.15) is 0 Å². The molecular formula is C13H20BrN3O2S. The van der Waals surface area contributed by atoms with Crippen molar-refractivity contribution in [2.75, 3.05) is 18.6 Å². The zero-order valence-corrected chi connectivity index (χ0v) is 14.4. The first-order valence-corrected chi connectivity index (χ1v) is 9.53. The van der Waals surface area contributed by atoms with Crippen molar-refractivity contribution in [3.05, 3.63) is 16.0 Å². The molecule has 1 aliphatic carbocycles. The summed E-state index contributed by atoms with van der Waals surface area (Å²) in [5.41, 5.74) is 0.937. The molecule has 0 saturated heterocycles. The first kappa shape index (κ1) is 15.7. The van der Waals surface area contributed by atoms with E-state index in [9.17, 15) is 8.42 Å². The largest absolute Gasteiger partial charge is 0.372 e. The van der Waals surface area contributed by atoms with Gasteiger partial charge in [0.05, 0.1) is 10.2 Å². The summed E-state index contributed by atoms with van der Waals surface area (Å²) in [4.78, 5) is 8.89. The first-order chi connectivity index (χ1) is 9.34. The van der Waals surface area contributed by atoms with E-state index in [0.717, 1.165) is 23.0 Å². The molecule has 7 heteroatoms. The fraction of sp³-hybridized carbons (Fsp3) is 0.692. The Morgan fingerprint density at radius 3 is 2.40 bits per heavy atom. The predicted octanol–water partition coefficient (Wildman–Crippen LogP) is 3.04. The van der Waals surface area contributed by atoms with Crippen LogP contribution in [0.5, 0.6) is 0 Å². The minimum absolute atomic E-state index is 0.377. The normalized spacial score (nSPS) is 18.2. The number of hydrogen-bond donors (Lipinski definition) is 1. The van der Waals surface area contributed by atoms with E-state index in [2.05, 4.69) is 31.2 Å². The Bertz CT molecular complexity index is 598. The van der Waals surface area contributed by atoms with Crippen molar-refractivity contribution in [3.8, 4) is 0 Å². The minimum Gasteiger partial charge on any atom is -0.372 e. The molecule has 1 aliphatic rings. The van der Waals surface area contributed by atoms with Gasteiger partial charge in [0.1, 0.15) is 16.9 Å². The van der Waals surface area contributed by atoms with Crippen molar-refractivity contribution in [1.29, 1.82) is 0 Å². The van der Waals surface area contributed by atoms with E-state index in [1.54, 1.807) is 14.0 Å². The van der Waals surface area contributed by atoms with Gasteiger partial charge in [-0.1, -0.05) is 12.8 Å². The van der Waals surface area contributed by atoms with Gasteiger partial charge >= 0.3 is 0 Å². The standard InChI is InChI=1S/C13H20BrN3O2S/c1-8(20(3,18)19)12-16-11(9-6-4-5-7-9)10(14)13(15-2)17-12/h8-9H,4-7H2,1-3H3,(H,15,16,17). The highest BCUT2D eigenvalue weighted by Crippen LogP contribution is 2.39. The SMILES string of the molecule is CNc1nc(C(C)S(C)(=O)=O)nc(C2CCCC2)c1Br. The van der Waals surface area contributed by atoms with Crippen molar-refractivity contribution in [1.82, 2.24) is 9.97 Å². The zero-order chi connectivity index (χ0) is 14.9. The van der Waals surface area contributed by atoms with Crippen LogP contribution in [0, 0.1) is 0 Å². The Morgan fingerprint density at radius 2 is 1.90 bits per heavy atom. The number of halogens is 1. The maximum absolute atomic E-state index is 11.7. The summed E-state index contributed by atoms with van der Waals surface area (Å²) >= 11 is 3.55. The number of nitrogens with one attached hydrogen (secondary N) is 1. The molecule has 2 rings (SSSR count). The monoisotopic (exact) mass is 361 g/mol. The van der Waals surface area contributed by atoms with E-state index in [-0.39, 0.29) is 0 Å². The van der Waals surface area contributed by atoms with E-state index in [1.807, 2.05) is 0 Å². The van der Waals surface area contributed by atoms with Crippen LogP contribution in [0.25, 0.3) is 0 Å². The number of rotatable bonds is 4. The first-order valence-electron chi connectivity index (χ1n) is 6.78. The molecule has 112 valence electrons. The van der Waals surface area contributed by atoms with Gasteiger partial charge in [0.2, 0.25) is 0 Å². The highest BCUT2D eigenvalue weighted by Gasteiger charge is 2.27. The molecule has 0 bridgehead atoms. The molecule has 1 fully saturated rings. The number of anilines is 1. The van der Waals surface area contributed by atoms with Gasteiger partial charge in [-0.15, -0.1) is 0 Å². The molecule has 20 heavy (non-hydrogen) atoms. The van der Waals surface area contributed by atoms with Crippen LogP contribution in [-0.4, -0.2) is 31.7 Å². The second-order valence-corrected chi connectivity index (χ2v) is 8.49. The van der Waals surface area contributed by atoms with E-state index in [1.165, 1.54) is 19.1 Å². The molecule has 0 spiro atoms. The molecule has 0 aliphatic heterocycles. The molecule has 0 aromatic carbocycles. The average Bonchev–Trinajstić information content (AvgIpc) is 2.91. The molecule has 1 aromatic heterocycles. The Balaban J connectivity index is 2.51. The van der Waals surface area contributed by atoms with Crippen molar-refractivity contribution in [2.45, 2.75) is 43.8 Å². The van der Waals surface area contributed by atoms with Crippen LogP contribution >= 0.6 is 15.9 Å². The summed E-state index contributed by atoms with van der Waals surface area (Å²) in [6.07, 6.45) is 5.83. The van der Waals surface area contributed by atoms with Crippen molar-refractivity contribution in [2.24, 2.45) is 0 Å². The maximum Gasteiger partial charge on any atom is 0.157 e. The zero-order valence-electron chi connectivity index (χ0n) is 12.0. The molecule has 1 aromatic rings. The minimum atomic E-state index is -3.20. The molecule has 0 radical (unpaired) electrons. The smallest absolute Gasteiger partial charge is 0.157 e. The third kappa shape index (κ3) is 3.14. The molecule has 1 atom stereocenters. The Labute approximate surface area is 128 Å². The summed E-state index contributed by atoms with van der Waals surface area (Å²) in [5, 5.41) is 2.32. The topological polar surface area (TPSA) is 72.0 Å². The lowest BCUT2D eigenvalue weighted by atomic mass is 10.0. The van der Waals surface area contributed by atoms with Gasteiger partial charge in [0.25, 0.3) is 0 Å². The fourth-order valence-corrected chi connectivity index (χ4v) is 3.68.